The zero-order valence-corrected chi connectivity index (χ0v) is 15.7. The molecule has 0 radical (unpaired) electrons. The number of rotatable bonds is 7. The molecule has 0 amide bonds. The highest BCUT2D eigenvalue weighted by Crippen LogP contribution is 2.18. The molecule has 1 aromatic heterocycles. The number of carbonyl (C=O) groups is 1. The molecule has 2 aromatic rings. The number of nitrogens with zero attached hydrogens (tertiary/aromatic N) is 1. The number of ketones is 1. The lowest BCUT2D eigenvalue weighted by molar-refractivity contribution is 0.104. The lowest BCUT2D eigenvalue weighted by Gasteiger charge is -2.18. The summed E-state index contributed by atoms with van der Waals surface area (Å²) in [6.45, 7) is 6.45. The van der Waals surface area contributed by atoms with E-state index >= 15 is 0 Å². The molecule has 0 N–H and O–H groups in total. The number of hydrogen-bond acceptors (Lipinski definition) is 4. The van der Waals surface area contributed by atoms with Gasteiger partial charge in [0.15, 0.2) is 5.78 Å². The lowest BCUT2D eigenvalue weighted by atomic mass is 10.1. The van der Waals surface area contributed by atoms with Crippen molar-refractivity contribution in [2.45, 2.75) is 25.7 Å². The standard InChI is InChI=1S/C18H21NO3S2/c1-4-19(5-2)24(21,22)17-11-7-15(8-12-17)18(20)13-10-16-9-6-14(3)23-16/h6-13H,4-5H2,1-3H3/b13-10+. The normalized spacial score (nSPS) is 12.2. The van der Waals surface area contributed by atoms with Gasteiger partial charge in [0.2, 0.25) is 10.0 Å². The van der Waals surface area contributed by atoms with Crippen LogP contribution in [-0.4, -0.2) is 31.6 Å². The molecule has 0 bridgehead atoms. The molecule has 0 spiro atoms. The van der Waals surface area contributed by atoms with Crippen LogP contribution in [0.5, 0.6) is 0 Å². The summed E-state index contributed by atoms with van der Waals surface area (Å²) in [6.07, 6.45) is 3.29. The maximum absolute atomic E-state index is 12.4. The molecule has 1 aromatic carbocycles. The average Bonchev–Trinajstić information content (AvgIpc) is 2.99. The molecule has 0 aliphatic carbocycles. The van der Waals surface area contributed by atoms with Crippen molar-refractivity contribution < 1.29 is 13.2 Å². The van der Waals surface area contributed by atoms with Gasteiger partial charge in [0.1, 0.15) is 0 Å². The second-order valence-electron chi connectivity index (χ2n) is 5.26. The minimum Gasteiger partial charge on any atom is -0.289 e. The topological polar surface area (TPSA) is 54.5 Å². The van der Waals surface area contributed by atoms with Crippen LogP contribution in [0.4, 0.5) is 0 Å². The summed E-state index contributed by atoms with van der Waals surface area (Å²) in [5.41, 5.74) is 0.470. The highest BCUT2D eigenvalue weighted by molar-refractivity contribution is 7.89. The lowest BCUT2D eigenvalue weighted by Crippen LogP contribution is -2.30. The van der Waals surface area contributed by atoms with Crippen molar-refractivity contribution in [2.75, 3.05) is 13.1 Å². The van der Waals surface area contributed by atoms with Gasteiger partial charge in [-0.05, 0) is 55.5 Å². The van der Waals surface area contributed by atoms with Gasteiger partial charge in [0.05, 0.1) is 4.90 Å². The van der Waals surface area contributed by atoms with Crippen LogP contribution in [0.1, 0.15) is 34.0 Å². The van der Waals surface area contributed by atoms with Crippen LogP contribution in [0.15, 0.2) is 47.4 Å². The molecule has 0 aliphatic rings. The Hall–Kier alpha value is -1.76. The Morgan fingerprint density at radius 1 is 1.08 bits per heavy atom. The number of aryl methyl sites for hydroxylation is 1. The van der Waals surface area contributed by atoms with Gasteiger partial charge < -0.3 is 0 Å². The quantitative estimate of drug-likeness (QED) is 0.552. The van der Waals surface area contributed by atoms with Crippen molar-refractivity contribution in [2.24, 2.45) is 0 Å². The molecule has 2 rings (SSSR count). The zero-order chi connectivity index (χ0) is 17.7. The van der Waals surface area contributed by atoms with Crippen LogP contribution in [0, 0.1) is 6.92 Å². The van der Waals surface area contributed by atoms with Gasteiger partial charge in [-0.1, -0.05) is 13.8 Å². The SMILES string of the molecule is CCN(CC)S(=O)(=O)c1ccc(C(=O)/C=C/c2ccc(C)s2)cc1. The Kier molecular flexibility index (Phi) is 6.10. The van der Waals surface area contributed by atoms with E-state index in [9.17, 15) is 13.2 Å². The van der Waals surface area contributed by atoms with Crippen molar-refractivity contribution in [3.63, 3.8) is 0 Å². The first-order valence-corrected chi connectivity index (χ1v) is 10.0. The summed E-state index contributed by atoms with van der Waals surface area (Å²) in [4.78, 5) is 14.6. The Morgan fingerprint density at radius 2 is 1.71 bits per heavy atom. The van der Waals surface area contributed by atoms with E-state index in [-0.39, 0.29) is 10.7 Å². The molecular formula is C18H21NO3S2. The van der Waals surface area contributed by atoms with E-state index < -0.39 is 10.0 Å². The van der Waals surface area contributed by atoms with E-state index in [2.05, 4.69) is 0 Å². The minimum atomic E-state index is -3.49. The summed E-state index contributed by atoms with van der Waals surface area (Å²) in [5.74, 6) is -0.146. The molecule has 128 valence electrons. The van der Waals surface area contributed by atoms with Crippen molar-refractivity contribution in [1.82, 2.24) is 4.31 Å². The minimum absolute atomic E-state index is 0.146. The highest BCUT2D eigenvalue weighted by Gasteiger charge is 2.21. The monoisotopic (exact) mass is 363 g/mol. The van der Waals surface area contributed by atoms with E-state index in [1.807, 2.05) is 19.1 Å². The van der Waals surface area contributed by atoms with Crippen LogP contribution in [-0.2, 0) is 10.0 Å². The summed E-state index contributed by atoms with van der Waals surface area (Å²) < 4.78 is 26.2. The molecule has 0 saturated heterocycles. The number of sulfonamides is 1. The van der Waals surface area contributed by atoms with Crippen molar-refractivity contribution in [3.05, 3.63) is 57.8 Å². The van der Waals surface area contributed by atoms with Crippen molar-refractivity contribution in [1.29, 1.82) is 0 Å². The second kappa shape index (κ2) is 7.88. The first-order valence-electron chi connectivity index (χ1n) is 7.77. The fourth-order valence-electron chi connectivity index (χ4n) is 2.30. The number of thiophene rings is 1. The van der Waals surface area contributed by atoms with Crippen molar-refractivity contribution >= 4 is 33.2 Å². The molecule has 0 saturated carbocycles. The van der Waals surface area contributed by atoms with Crippen LogP contribution >= 0.6 is 11.3 Å². The first kappa shape index (κ1) is 18.6. The van der Waals surface area contributed by atoms with Gasteiger partial charge in [-0.2, -0.15) is 4.31 Å². The third-order valence-corrected chi connectivity index (χ3v) is 6.67. The molecule has 0 aliphatic heterocycles. The molecular weight excluding hydrogens is 342 g/mol. The summed E-state index contributed by atoms with van der Waals surface area (Å²) in [5, 5.41) is 0. The number of allylic oxidation sites excluding steroid dienone is 1. The summed E-state index contributed by atoms with van der Waals surface area (Å²) >= 11 is 1.62. The van der Waals surface area contributed by atoms with Gasteiger partial charge >= 0.3 is 0 Å². The molecule has 1 heterocycles. The highest BCUT2D eigenvalue weighted by atomic mass is 32.2. The molecule has 0 atom stereocenters. The Bertz CT molecular complexity index is 829. The fraction of sp³-hybridized carbons (Fsp3) is 0.278. The van der Waals surface area contributed by atoms with E-state index in [0.29, 0.717) is 18.7 Å². The molecule has 0 unspecified atom stereocenters. The van der Waals surface area contributed by atoms with Crippen LogP contribution in [0.2, 0.25) is 0 Å². The summed E-state index contributed by atoms with van der Waals surface area (Å²) in [6, 6.07) is 10.1. The van der Waals surface area contributed by atoms with E-state index in [0.717, 1.165) is 4.88 Å². The Morgan fingerprint density at radius 3 is 2.21 bits per heavy atom. The predicted octanol–water partition coefficient (Wildman–Crippen LogP) is 3.98. The van der Waals surface area contributed by atoms with E-state index in [1.54, 1.807) is 43.4 Å². The second-order valence-corrected chi connectivity index (χ2v) is 8.52. The first-order chi connectivity index (χ1) is 11.4. The smallest absolute Gasteiger partial charge is 0.243 e. The molecule has 0 fully saturated rings. The van der Waals surface area contributed by atoms with E-state index in [4.69, 9.17) is 0 Å². The van der Waals surface area contributed by atoms with Gasteiger partial charge in [-0.15, -0.1) is 11.3 Å². The van der Waals surface area contributed by atoms with Gasteiger partial charge in [0, 0.05) is 28.4 Å². The van der Waals surface area contributed by atoms with Gasteiger partial charge in [0.25, 0.3) is 0 Å². The number of carbonyl (C=O) groups excluding carboxylic acids is 1. The Balaban J connectivity index is 2.17. The van der Waals surface area contributed by atoms with Crippen LogP contribution < -0.4 is 0 Å². The van der Waals surface area contributed by atoms with E-state index in [1.165, 1.54) is 27.4 Å². The average molecular weight is 364 g/mol. The fourth-order valence-corrected chi connectivity index (χ4v) is 4.54. The predicted molar refractivity (Wildman–Crippen MR) is 99.0 cm³/mol. The van der Waals surface area contributed by atoms with Gasteiger partial charge in [-0.25, -0.2) is 8.42 Å². The Labute approximate surface area is 147 Å². The molecule has 6 heteroatoms. The number of benzene rings is 1. The third-order valence-electron chi connectivity index (χ3n) is 3.64. The largest absolute Gasteiger partial charge is 0.289 e. The third kappa shape index (κ3) is 4.20. The molecule has 4 nitrogen and oxygen atoms in total. The molecule has 24 heavy (non-hydrogen) atoms. The number of hydrogen-bond donors (Lipinski definition) is 0. The summed E-state index contributed by atoms with van der Waals surface area (Å²) in [7, 11) is -3.49. The van der Waals surface area contributed by atoms with Crippen LogP contribution in [0.3, 0.4) is 0 Å². The maximum atomic E-state index is 12.4. The van der Waals surface area contributed by atoms with Crippen molar-refractivity contribution in [3.8, 4) is 0 Å². The van der Waals surface area contributed by atoms with Gasteiger partial charge in [-0.3, -0.25) is 4.79 Å². The maximum Gasteiger partial charge on any atom is 0.243 e. The zero-order valence-electron chi connectivity index (χ0n) is 14.0. The van der Waals surface area contributed by atoms with Crippen LogP contribution in [0.25, 0.3) is 6.08 Å².